The van der Waals surface area contributed by atoms with Crippen LogP contribution >= 0.6 is 0 Å². The molecule has 5 heteroatoms. The Morgan fingerprint density at radius 3 is 2.70 bits per heavy atom. The molecule has 5 nitrogen and oxygen atoms in total. The predicted molar refractivity (Wildman–Crippen MR) is 119 cm³/mol. The van der Waals surface area contributed by atoms with Crippen molar-refractivity contribution in [1.82, 2.24) is 0 Å². The molecular weight excluding hydrogens is 374 g/mol. The van der Waals surface area contributed by atoms with Crippen LogP contribution in [0.5, 0.6) is 0 Å². The number of hydrogen-bond acceptors (Lipinski definition) is 3. The summed E-state index contributed by atoms with van der Waals surface area (Å²) in [6.07, 6.45) is 2.64. The lowest BCUT2D eigenvalue weighted by molar-refractivity contribution is -0.117. The number of amides is 2. The van der Waals surface area contributed by atoms with Crippen LogP contribution < -0.4 is 15.5 Å². The van der Waals surface area contributed by atoms with E-state index >= 15 is 0 Å². The molecule has 2 aliphatic heterocycles. The van der Waals surface area contributed by atoms with Gasteiger partial charge in [0.15, 0.2) is 0 Å². The first-order chi connectivity index (χ1) is 14.7. The molecule has 0 aliphatic carbocycles. The van der Waals surface area contributed by atoms with E-state index in [4.69, 9.17) is 0 Å². The number of rotatable bonds is 4. The topological polar surface area (TPSA) is 61.4 Å². The SMILES string of the molecule is O=C(Nc1ccccc1Cc1ccccc1)c1ccc2c(c1)NC(=O)[C@@H]1CCCN21. The van der Waals surface area contributed by atoms with Crippen LogP contribution in [-0.2, 0) is 11.2 Å². The van der Waals surface area contributed by atoms with Gasteiger partial charge >= 0.3 is 0 Å². The summed E-state index contributed by atoms with van der Waals surface area (Å²) >= 11 is 0. The molecule has 3 aromatic carbocycles. The van der Waals surface area contributed by atoms with Gasteiger partial charge < -0.3 is 15.5 Å². The molecule has 5 rings (SSSR count). The maximum absolute atomic E-state index is 13.0. The van der Waals surface area contributed by atoms with Gasteiger partial charge in [0.1, 0.15) is 6.04 Å². The van der Waals surface area contributed by atoms with Gasteiger partial charge in [0.2, 0.25) is 5.91 Å². The first-order valence-electron chi connectivity index (χ1n) is 10.3. The summed E-state index contributed by atoms with van der Waals surface area (Å²) in [5.41, 5.74) is 5.29. The van der Waals surface area contributed by atoms with Gasteiger partial charge in [-0.3, -0.25) is 9.59 Å². The lowest BCUT2D eigenvalue weighted by Gasteiger charge is -2.33. The minimum Gasteiger partial charge on any atom is -0.358 e. The monoisotopic (exact) mass is 397 g/mol. The quantitative estimate of drug-likeness (QED) is 0.684. The second kappa shape index (κ2) is 7.67. The maximum Gasteiger partial charge on any atom is 0.255 e. The minimum absolute atomic E-state index is 0.0192. The Labute approximate surface area is 175 Å². The molecule has 0 spiro atoms. The Hall–Kier alpha value is -3.60. The lowest BCUT2D eigenvalue weighted by atomic mass is 10.0. The molecule has 2 N–H and O–H groups in total. The highest BCUT2D eigenvalue weighted by atomic mass is 16.2. The third kappa shape index (κ3) is 3.43. The maximum atomic E-state index is 13.0. The Bertz CT molecular complexity index is 1110. The summed E-state index contributed by atoms with van der Waals surface area (Å²) in [5.74, 6) is -0.165. The second-order valence-corrected chi connectivity index (χ2v) is 7.85. The van der Waals surface area contributed by atoms with Crippen molar-refractivity contribution in [3.63, 3.8) is 0 Å². The second-order valence-electron chi connectivity index (χ2n) is 7.85. The van der Waals surface area contributed by atoms with Gasteiger partial charge in [-0.1, -0.05) is 48.5 Å². The summed E-state index contributed by atoms with van der Waals surface area (Å²) in [6.45, 7) is 0.878. The van der Waals surface area contributed by atoms with Crippen molar-refractivity contribution in [3.05, 3.63) is 89.5 Å². The Morgan fingerprint density at radius 2 is 1.83 bits per heavy atom. The van der Waals surface area contributed by atoms with E-state index < -0.39 is 0 Å². The Balaban J connectivity index is 1.38. The summed E-state index contributed by atoms with van der Waals surface area (Å²) in [6, 6.07) is 23.5. The zero-order valence-electron chi connectivity index (χ0n) is 16.6. The Kier molecular flexibility index (Phi) is 4.71. The van der Waals surface area contributed by atoms with Crippen LogP contribution in [0.25, 0.3) is 0 Å². The number of carbonyl (C=O) groups is 2. The van der Waals surface area contributed by atoms with Gasteiger partial charge in [0, 0.05) is 17.8 Å². The Morgan fingerprint density at radius 1 is 1.03 bits per heavy atom. The molecule has 1 fully saturated rings. The van der Waals surface area contributed by atoms with Crippen molar-refractivity contribution in [3.8, 4) is 0 Å². The molecule has 0 bridgehead atoms. The van der Waals surface area contributed by atoms with Gasteiger partial charge in [-0.15, -0.1) is 0 Å². The fourth-order valence-electron chi connectivity index (χ4n) is 4.38. The fourth-order valence-corrected chi connectivity index (χ4v) is 4.38. The van der Waals surface area contributed by atoms with E-state index in [1.54, 1.807) is 6.07 Å². The molecule has 2 heterocycles. The number of carbonyl (C=O) groups excluding carboxylic acids is 2. The van der Waals surface area contributed by atoms with Gasteiger partial charge in [-0.25, -0.2) is 0 Å². The van der Waals surface area contributed by atoms with Crippen LogP contribution in [-0.4, -0.2) is 24.4 Å². The number of hydrogen-bond donors (Lipinski definition) is 2. The number of nitrogens with one attached hydrogen (secondary N) is 2. The lowest BCUT2D eigenvalue weighted by Crippen LogP contribution is -2.43. The molecule has 2 amide bonds. The molecule has 0 saturated carbocycles. The van der Waals surface area contributed by atoms with E-state index in [1.165, 1.54) is 5.56 Å². The number of fused-ring (bicyclic) bond motifs is 3. The van der Waals surface area contributed by atoms with Gasteiger partial charge in [0.25, 0.3) is 5.91 Å². The molecule has 0 aromatic heterocycles. The summed E-state index contributed by atoms with van der Waals surface area (Å²) in [7, 11) is 0. The molecule has 150 valence electrons. The standard InChI is InChI=1S/C25H23N3O2/c29-24(26-20-10-5-4-9-18(20)15-17-7-2-1-3-8-17)19-12-13-22-21(16-19)27-25(30)23-11-6-14-28(22)23/h1-5,7-10,12-13,16,23H,6,11,14-15H2,(H,26,29)(H,27,30)/t23-/m0/s1. The molecule has 1 saturated heterocycles. The normalized spacial score (nSPS) is 17.1. The molecule has 1 atom stereocenters. The van der Waals surface area contributed by atoms with Crippen LogP contribution in [0.1, 0.15) is 34.3 Å². The van der Waals surface area contributed by atoms with Crippen LogP contribution in [0.3, 0.4) is 0 Å². The number of benzene rings is 3. The van der Waals surface area contributed by atoms with Gasteiger partial charge in [0.05, 0.1) is 11.4 Å². The van der Waals surface area contributed by atoms with Crippen LogP contribution in [0, 0.1) is 0 Å². The summed E-state index contributed by atoms with van der Waals surface area (Å²) in [5, 5.41) is 6.02. The largest absolute Gasteiger partial charge is 0.358 e. The minimum atomic E-state index is -0.184. The van der Waals surface area contributed by atoms with E-state index in [1.807, 2.05) is 54.6 Å². The van der Waals surface area contributed by atoms with Crippen LogP contribution in [0.15, 0.2) is 72.8 Å². The number of para-hydroxylation sites is 1. The van der Waals surface area contributed by atoms with Crippen molar-refractivity contribution < 1.29 is 9.59 Å². The number of anilines is 3. The molecule has 0 unspecified atom stereocenters. The highest BCUT2D eigenvalue weighted by molar-refractivity contribution is 6.09. The van der Waals surface area contributed by atoms with Crippen molar-refractivity contribution in [2.24, 2.45) is 0 Å². The zero-order chi connectivity index (χ0) is 20.5. The van der Waals surface area contributed by atoms with Crippen LogP contribution in [0.4, 0.5) is 17.1 Å². The first-order valence-corrected chi connectivity index (χ1v) is 10.3. The first kappa shape index (κ1) is 18.4. The summed E-state index contributed by atoms with van der Waals surface area (Å²) < 4.78 is 0. The smallest absolute Gasteiger partial charge is 0.255 e. The van der Waals surface area contributed by atoms with Gasteiger partial charge in [-0.05, 0) is 54.7 Å². The van der Waals surface area contributed by atoms with Crippen molar-refractivity contribution >= 4 is 28.9 Å². The number of nitrogens with zero attached hydrogens (tertiary/aromatic N) is 1. The third-order valence-corrected chi connectivity index (χ3v) is 5.88. The van der Waals surface area contributed by atoms with E-state index in [0.29, 0.717) is 11.3 Å². The zero-order valence-corrected chi connectivity index (χ0v) is 16.6. The average Bonchev–Trinajstić information content (AvgIpc) is 3.26. The molecular formula is C25H23N3O2. The average molecular weight is 397 g/mol. The van der Waals surface area contributed by atoms with Crippen molar-refractivity contribution in [1.29, 1.82) is 0 Å². The molecule has 0 radical (unpaired) electrons. The van der Waals surface area contributed by atoms with Crippen LogP contribution in [0.2, 0.25) is 0 Å². The predicted octanol–water partition coefficient (Wildman–Crippen LogP) is 4.45. The fraction of sp³-hybridized carbons (Fsp3) is 0.200. The van der Waals surface area contributed by atoms with E-state index in [9.17, 15) is 9.59 Å². The summed E-state index contributed by atoms with van der Waals surface area (Å²) in [4.78, 5) is 27.5. The van der Waals surface area contributed by atoms with E-state index in [2.05, 4.69) is 27.7 Å². The van der Waals surface area contributed by atoms with E-state index in [0.717, 1.165) is 42.7 Å². The van der Waals surface area contributed by atoms with Crippen molar-refractivity contribution in [2.45, 2.75) is 25.3 Å². The highest BCUT2D eigenvalue weighted by Crippen LogP contribution is 2.37. The molecule has 3 aromatic rings. The molecule has 30 heavy (non-hydrogen) atoms. The molecule has 2 aliphatic rings. The highest BCUT2D eigenvalue weighted by Gasteiger charge is 2.36. The third-order valence-electron chi connectivity index (χ3n) is 5.88. The van der Waals surface area contributed by atoms with E-state index in [-0.39, 0.29) is 17.9 Å². The van der Waals surface area contributed by atoms with Gasteiger partial charge in [-0.2, -0.15) is 0 Å². The van der Waals surface area contributed by atoms with Crippen molar-refractivity contribution in [2.75, 3.05) is 22.1 Å².